The Kier molecular flexibility index (Phi) is 4.41. The number of hydrogen-bond donors (Lipinski definition) is 2. The summed E-state index contributed by atoms with van der Waals surface area (Å²) in [6.07, 6.45) is 0. The van der Waals surface area contributed by atoms with Crippen LogP contribution in [0.3, 0.4) is 0 Å². The number of nitrogens with zero attached hydrogens (tertiary/aromatic N) is 1. The lowest BCUT2D eigenvalue weighted by molar-refractivity contribution is 0.0607. The molecule has 1 saturated heterocycles. The van der Waals surface area contributed by atoms with Crippen LogP contribution in [-0.2, 0) is 4.74 Å². The van der Waals surface area contributed by atoms with Crippen LogP contribution in [0.4, 0.5) is 10.7 Å². The summed E-state index contributed by atoms with van der Waals surface area (Å²) in [5.74, 6) is 0.287. The minimum atomic E-state index is -0.505. The molecule has 2 unspecified atom stereocenters. The van der Waals surface area contributed by atoms with E-state index in [4.69, 9.17) is 10.5 Å². The molecule has 0 bridgehead atoms. The molecule has 6 nitrogen and oxygen atoms in total. The normalized spacial score (nSPS) is 21.4. The Labute approximate surface area is 128 Å². The maximum absolute atomic E-state index is 12.1. The second-order valence-corrected chi connectivity index (χ2v) is 6.45. The summed E-state index contributed by atoms with van der Waals surface area (Å²) in [6.45, 7) is 6.07. The minimum absolute atomic E-state index is 0.202. The SMILES string of the molecule is CNC(=O)c1c(N2CC(C)C(C)C2)sc(C(=O)OC)c1N. The summed E-state index contributed by atoms with van der Waals surface area (Å²) < 4.78 is 4.74. The molecule has 0 aromatic carbocycles. The average molecular weight is 311 g/mol. The molecule has 21 heavy (non-hydrogen) atoms. The van der Waals surface area contributed by atoms with Gasteiger partial charge in [-0.15, -0.1) is 11.3 Å². The second-order valence-electron chi connectivity index (χ2n) is 5.46. The van der Waals surface area contributed by atoms with Gasteiger partial charge in [0.05, 0.1) is 18.4 Å². The van der Waals surface area contributed by atoms with E-state index >= 15 is 0 Å². The molecule has 2 atom stereocenters. The van der Waals surface area contributed by atoms with E-state index in [0.29, 0.717) is 22.3 Å². The number of rotatable bonds is 3. The van der Waals surface area contributed by atoms with E-state index in [1.165, 1.54) is 18.4 Å². The molecule has 1 aliphatic rings. The first-order valence-electron chi connectivity index (χ1n) is 6.88. The summed E-state index contributed by atoms with van der Waals surface area (Å²) in [4.78, 5) is 26.4. The van der Waals surface area contributed by atoms with Crippen molar-refractivity contribution >= 4 is 33.9 Å². The Morgan fingerprint density at radius 2 is 1.90 bits per heavy atom. The van der Waals surface area contributed by atoms with Crippen LogP contribution in [0, 0.1) is 11.8 Å². The van der Waals surface area contributed by atoms with Crippen molar-refractivity contribution in [1.29, 1.82) is 0 Å². The number of carbonyl (C=O) groups excluding carboxylic acids is 2. The summed E-state index contributed by atoms with van der Waals surface area (Å²) in [5.41, 5.74) is 6.60. The van der Waals surface area contributed by atoms with Gasteiger partial charge in [0.2, 0.25) is 0 Å². The molecular weight excluding hydrogens is 290 g/mol. The first-order chi connectivity index (χ1) is 9.90. The Morgan fingerprint density at radius 1 is 1.33 bits per heavy atom. The van der Waals surface area contributed by atoms with Crippen LogP contribution in [0.2, 0.25) is 0 Å². The molecule has 1 amide bonds. The lowest BCUT2D eigenvalue weighted by Crippen LogP contribution is -2.25. The molecular formula is C14H21N3O3S. The van der Waals surface area contributed by atoms with Crippen molar-refractivity contribution in [1.82, 2.24) is 5.32 Å². The summed E-state index contributed by atoms with van der Waals surface area (Å²) in [6, 6.07) is 0. The zero-order valence-electron chi connectivity index (χ0n) is 12.7. The topological polar surface area (TPSA) is 84.7 Å². The van der Waals surface area contributed by atoms with Crippen molar-refractivity contribution in [3.8, 4) is 0 Å². The molecule has 1 aromatic heterocycles. The van der Waals surface area contributed by atoms with E-state index in [2.05, 4.69) is 24.1 Å². The number of nitrogen functional groups attached to an aromatic ring is 1. The molecule has 116 valence electrons. The van der Waals surface area contributed by atoms with Gasteiger partial charge in [0.15, 0.2) is 0 Å². The second kappa shape index (κ2) is 5.93. The third-order valence-corrected chi connectivity index (χ3v) is 5.27. The number of amides is 1. The Balaban J connectivity index is 2.49. The smallest absolute Gasteiger partial charge is 0.350 e. The summed E-state index contributed by atoms with van der Waals surface area (Å²) in [5, 5.41) is 3.34. The lowest BCUT2D eigenvalue weighted by atomic mass is 10.0. The highest BCUT2D eigenvalue weighted by Crippen LogP contribution is 2.41. The molecule has 0 aliphatic carbocycles. The Morgan fingerprint density at radius 3 is 2.38 bits per heavy atom. The van der Waals surface area contributed by atoms with E-state index < -0.39 is 5.97 Å². The van der Waals surface area contributed by atoms with Gasteiger partial charge in [0.25, 0.3) is 5.91 Å². The minimum Gasteiger partial charge on any atom is -0.465 e. The van der Waals surface area contributed by atoms with Crippen LogP contribution in [-0.4, -0.2) is 39.1 Å². The Hall–Kier alpha value is -1.76. The number of hydrogen-bond acceptors (Lipinski definition) is 6. The maximum Gasteiger partial charge on any atom is 0.350 e. The zero-order chi connectivity index (χ0) is 15.7. The molecule has 2 heterocycles. The van der Waals surface area contributed by atoms with Crippen LogP contribution in [0.25, 0.3) is 0 Å². The van der Waals surface area contributed by atoms with E-state index in [9.17, 15) is 9.59 Å². The standard InChI is InChI=1S/C14H21N3O3S/c1-7-5-17(6-8(7)2)13-9(12(18)16-3)10(15)11(21-13)14(19)20-4/h7-8H,5-6,15H2,1-4H3,(H,16,18). The van der Waals surface area contributed by atoms with Gasteiger partial charge in [-0.25, -0.2) is 4.79 Å². The van der Waals surface area contributed by atoms with Crippen molar-refractivity contribution in [2.24, 2.45) is 11.8 Å². The monoisotopic (exact) mass is 311 g/mol. The Bertz CT molecular complexity index is 560. The van der Waals surface area contributed by atoms with Gasteiger partial charge in [0.1, 0.15) is 9.88 Å². The first kappa shape index (κ1) is 15.6. The highest BCUT2D eigenvalue weighted by molar-refractivity contribution is 7.19. The fraction of sp³-hybridized carbons (Fsp3) is 0.571. The van der Waals surface area contributed by atoms with Crippen LogP contribution in [0.5, 0.6) is 0 Å². The molecule has 1 aliphatic heterocycles. The number of ether oxygens (including phenoxy) is 1. The zero-order valence-corrected chi connectivity index (χ0v) is 13.5. The summed E-state index contributed by atoms with van der Waals surface area (Å²) >= 11 is 1.23. The van der Waals surface area contributed by atoms with Crippen LogP contribution < -0.4 is 16.0 Å². The van der Waals surface area contributed by atoms with Crippen molar-refractivity contribution in [2.75, 3.05) is 37.9 Å². The number of methoxy groups -OCH3 is 1. The lowest BCUT2D eigenvalue weighted by Gasteiger charge is -2.17. The number of esters is 1. The number of nitrogens with two attached hydrogens (primary N) is 1. The number of thiophene rings is 1. The predicted molar refractivity (Wildman–Crippen MR) is 84.0 cm³/mol. The van der Waals surface area contributed by atoms with Gasteiger partial charge >= 0.3 is 5.97 Å². The van der Waals surface area contributed by atoms with Gasteiger partial charge in [-0.2, -0.15) is 0 Å². The van der Waals surface area contributed by atoms with Gasteiger partial charge in [-0.3, -0.25) is 4.79 Å². The van der Waals surface area contributed by atoms with Crippen molar-refractivity contribution < 1.29 is 14.3 Å². The highest BCUT2D eigenvalue weighted by Gasteiger charge is 2.33. The summed E-state index contributed by atoms with van der Waals surface area (Å²) in [7, 11) is 2.86. The van der Waals surface area contributed by atoms with Crippen LogP contribution in [0.1, 0.15) is 33.9 Å². The molecule has 1 aromatic rings. The van der Waals surface area contributed by atoms with E-state index in [1.807, 2.05) is 0 Å². The van der Waals surface area contributed by atoms with Crippen molar-refractivity contribution in [2.45, 2.75) is 13.8 Å². The molecule has 0 saturated carbocycles. The van der Waals surface area contributed by atoms with Crippen molar-refractivity contribution in [3.63, 3.8) is 0 Å². The van der Waals surface area contributed by atoms with Gasteiger partial charge < -0.3 is 20.7 Å². The van der Waals surface area contributed by atoms with Crippen LogP contribution >= 0.6 is 11.3 Å². The highest BCUT2D eigenvalue weighted by atomic mass is 32.1. The molecule has 0 spiro atoms. The number of nitrogens with one attached hydrogen (secondary N) is 1. The molecule has 7 heteroatoms. The van der Waals surface area contributed by atoms with Gasteiger partial charge in [0, 0.05) is 20.1 Å². The van der Waals surface area contributed by atoms with E-state index in [1.54, 1.807) is 7.05 Å². The fourth-order valence-electron chi connectivity index (χ4n) is 2.54. The molecule has 3 N–H and O–H groups in total. The average Bonchev–Trinajstić information content (AvgIpc) is 2.98. The van der Waals surface area contributed by atoms with Crippen molar-refractivity contribution in [3.05, 3.63) is 10.4 Å². The molecule has 1 fully saturated rings. The molecule has 0 radical (unpaired) electrons. The third-order valence-electron chi connectivity index (χ3n) is 4.03. The molecule has 2 rings (SSSR count). The van der Waals surface area contributed by atoms with Gasteiger partial charge in [-0.1, -0.05) is 13.8 Å². The van der Waals surface area contributed by atoms with Crippen LogP contribution in [0.15, 0.2) is 0 Å². The third kappa shape index (κ3) is 2.70. The van der Waals surface area contributed by atoms with E-state index in [-0.39, 0.29) is 11.6 Å². The number of anilines is 2. The maximum atomic E-state index is 12.1. The number of carbonyl (C=O) groups is 2. The quantitative estimate of drug-likeness (QED) is 0.828. The van der Waals surface area contributed by atoms with Gasteiger partial charge in [-0.05, 0) is 11.8 Å². The largest absolute Gasteiger partial charge is 0.465 e. The fourth-order valence-corrected chi connectivity index (χ4v) is 3.69. The predicted octanol–water partition coefficient (Wildman–Crippen LogP) is 1.57. The van der Waals surface area contributed by atoms with E-state index in [0.717, 1.165) is 18.1 Å². The first-order valence-corrected chi connectivity index (χ1v) is 7.69.